The highest BCUT2D eigenvalue weighted by molar-refractivity contribution is 5.99. The van der Waals surface area contributed by atoms with Gasteiger partial charge in [0.1, 0.15) is 11.6 Å². The molecule has 8 nitrogen and oxygen atoms in total. The van der Waals surface area contributed by atoms with Gasteiger partial charge in [-0.25, -0.2) is 0 Å². The molecule has 3 aliphatic rings. The number of rotatable bonds is 6. The Morgan fingerprint density at radius 1 is 1.31 bits per heavy atom. The molecule has 0 aromatic carbocycles. The Balaban J connectivity index is 2.05. The molecule has 29 heavy (non-hydrogen) atoms. The minimum Gasteiger partial charge on any atom is -0.395 e. The van der Waals surface area contributed by atoms with E-state index in [0.29, 0.717) is 13.0 Å². The summed E-state index contributed by atoms with van der Waals surface area (Å²) in [5, 5.41) is 15.5. The number of carbonyl (C=O) groups excluding carboxylic acids is 3. The number of hydrogen-bond acceptors (Lipinski definition) is 5. The number of aliphatic hydroxyl groups excluding tert-OH is 1. The summed E-state index contributed by atoms with van der Waals surface area (Å²) in [4.78, 5) is 41.3. The summed E-state index contributed by atoms with van der Waals surface area (Å²) in [7, 11) is 0. The molecule has 1 spiro atoms. The molecule has 0 aliphatic carbocycles. The number of ether oxygens (including phenoxy) is 1. The van der Waals surface area contributed by atoms with E-state index in [1.165, 1.54) is 4.90 Å². The molecule has 8 heteroatoms. The largest absolute Gasteiger partial charge is 0.395 e. The van der Waals surface area contributed by atoms with Crippen molar-refractivity contribution < 1.29 is 24.2 Å². The van der Waals surface area contributed by atoms with Crippen LogP contribution in [0.15, 0.2) is 0 Å². The van der Waals surface area contributed by atoms with Crippen LogP contribution in [0.5, 0.6) is 0 Å². The number of aliphatic hydroxyl groups is 1. The van der Waals surface area contributed by atoms with Gasteiger partial charge in [0, 0.05) is 18.6 Å². The third kappa shape index (κ3) is 3.24. The van der Waals surface area contributed by atoms with E-state index in [4.69, 9.17) is 4.74 Å². The van der Waals surface area contributed by atoms with E-state index in [2.05, 4.69) is 10.6 Å². The summed E-state index contributed by atoms with van der Waals surface area (Å²) in [6, 6.07) is -0.861. The Morgan fingerprint density at radius 2 is 1.97 bits per heavy atom. The van der Waals surface area contributed by atoms with Crippen LogP contribution in [0.4, 0.5) is 0 Å². The third-order valence-corrected chi connectivity index (χ3v) is 6.73. The molecule has 2 bridgehead atoms. The first kappa shape index (κ1) is 22.0. The van der Waals surface area contributed by atoms with Crippen molar-refractivity contribution in [2.75, 3.05) is 19.7 Å². The standard InChI is InChI=1S/C21H35N3O5/c1-7-8-22-16(26)13-14-18(28)24(9-10-25)15(17(27)23-19(3,4)5)21(14)11-12(2)20(13,6)29-21/h12-15,25H,7-11H2,1-6H3,(H,22,26)(H,23,27)/t12?,13-,14-,15?,20+,21?/m0/s1. The van der Waals surface area contributed by atoms with E-state index >= 15 is 0 Å². The van der Waals surface area contributed by atoms with Gasteiger partial charge < -0.3 is 25.4 Å². The van der Waals surface area contributed by atoms with Crippen molar-refractivity contribution in [3.63, 3.8) is 0 Å². The lowest BCUT2D eigenvalue weighted by atomic mass is 9.62. The number of nitrogens with one attached hydrogen (secondary N) is 2. The molecule has 3 N–H and O–H groups in total. The van der Waals surface area contributed by atoms with Gasteiger partial charge in [0.25, 0.3) is 0 Å². The van der Waals surface area contributed by atoms with Crippen molar-refractivity contribution in [3.8, 4) is 0 Å². The lowest BCUT2D eigenvalue weighted by Crippen LogP contribution is -2.58. The second-order valence-corrected chi connectivity index (χ2v) is 9.99. The minimum absolute atomic E-state index is 0.0166. The number of β-amino-alcohol motifs (C(OH)–C–C–N with tert-alkyl or cyclic N) is 1. The average Bonchev–Trinajstić information content (AvgIpc) is 3.09. The Kier molecular flexibility index (Phi) is 5.49. The Morgan fingerprint density at radius 3 is 2.52 bits per heavy atom. The topological polar surface area (TPSA) is 108 Å². The maximum Gasteiger partial charge on any atom is 0.246 e. The van der Waals surface area contributed by atoms with Crippen molar-refractivity contribution in [1.82, 2.24) is 15.5 Å². The van der Waals surface area contributed by atoms with Crippen LogP contribution in [-0.2, 0) is 19.1 Å². The quantitative estimate of drug-likeness (QED) is 0.590. The lowest BCUT2D eigenvalue weighted by molar-refractivity contribution is -0.148. The maximum absolute atomic E-state index is 13.5. The Labute approximate surface area is 172 Å². The van der Waals surface area contributed by atoms with Gasteiger partial charge in [0.2, 0.25) is 17.7 Å². The number of likely N-dealkylation sites (tertiary alicyclic amines) is 1. The third-order valence-electron chi connectivity index (χ3n) is 6.73. The first-order chi connectivity index (χ1) is 13.4. The molecule has 3 unspecified atom stereocenters. The zero-order chi connectivity index (χ0) is 21.8. The molecule has 0 aromatic heterocycles. The summed E-state index contributed by atoms with van der Waals surface area (Å²) in [6.45, 7) is 11.8. The van der Waals surface area contributed by atoms with Gasteiger partial charge in [-0.3, -0.25) is 14.4 Å². The lowest BCUT2D eigenvalue weighted by Gasteiger charge is -2.36. The molecule has 3 fully saturated rings. The average molecular weight is 410 g/mol. The van der Waals surface area contributed by atoms with Gasteiger partial charge in [0.05, 0.1) is 24.0 Å². The molecular formula is C21H35N3O5. The Hall–Kier alpha value is -1.67. The minimum atomic E-state index is -1.05. The van der Waals surface area contributed by atoms with Crippen molar-refractivity contribution in [1.29, 1.82) is 0 Å². The van der Waals surface area contributed by atoms with Crippen LogP contribution in [0.1, 0.15) is 54.4 Å². The number of nitrogens with zero attached hydrogens (tertiary/aromatic N) is 1. The molecular weight excluding hydrogens is 374 g/mol. The molecule has 3 saturated heterocycles. The summed E-state index contributed by atoms with van der Waals surface area (Å²) >= 11 is 0. The molecule has 3 amide bonds. The highest BCUT2D eigenvalue weighted by Crippen LogP contribution is 2.65. The predicted molar refractivity (Wildman–Crippen MR) is 107 cm³/mol. The molecule has 0 saturated carbocycles. The van der Waals surface area contributed by atoms with E-state index < -0.39 is 34.6 Å². The first-order valence-electron chi connectivity index (χ1n) is 10.6. The van der Waals surface area contributed by atoms with Gasteiger partial charge in [0.15, 0.2) is 0 Å². The van der Waals surface area contributed by atoms with E-state index in [-0.39, 0.29) is 36.8 Å². The molecule has 164 valence electrons. The van der Waals surface area contributed by atoms with Crippen molar-refractivity contribution >= 4 is 17.7 Å². The summed E-state index contributed by atoms with van der Waals surface area (Å²) in [5.74, 6) is -2.13. The second-order valence-electron chi connectivity index (χ2n) is 9.99. The molecule has 3 heterocycles. The van der Waals surface area contributed by atoms with Gasteiger partial charge in [-0.15, -0.1) is 0 Å². The van der Waals surface area contributed by atoms with Crippen molar-refractivity contribution in [2.24, 2.45) is 17.8 Å². The van der Waals surface area contributed by atoms with Crippen LogP contribution in [-0.4, -0.2) is 70.2 Å². The van der Waals surface area contributed by atoms with E-state index in [9.17, 15) is 19.5 Å². The second kappa shape index (κ2) is 7.23. The molecule has 0 aromatic rings. The SMILES string of the molecule is CCCNC(=O)[C@@H]1[C@H]2C(=O)N(CCO)C(C(=O)NC(C)(C)C)C23CC(C)[C@@]1(C)O3. The van der Waals surface area contributed by atoms with Crippen LogP contribution >= 0.6 is 0 Å². The fourth-order valence-corrected chi connectivity index (χ4v) is 5.58. The van der Waals surface area contributed by atoms with E-state index in [1.807, 2.05) is 41.5 Å². The monoisotopic (exact) mass is 409 g/mol. The number of carbonyl (C=O) groups is 3. The van der Waals surface area contributed by atoms with Gasteiger partial charge in [-0.05, 0) is 46.5 Å². The van der Waals surface area contributed by atoms with Gasteiger partial charge in [-0.2, -0.15) is 0 Å². The molecule has 6 atom stereocenters. The van der Waals surface area contributed by atoms with Crippen LogP contribution in [0, 0.1) is 17.8 Å². The van der Waals surface area contributed by atoms with Crippen molar-refractivity contribution in [2.45, 2.75) is 77.2 Å². The fourth-order valence-electron chi connectivity index (χ4n) is 5.58. The summed E-state index contributed by atoms with van der Waals surface area (Å²) in [6.07, 6.45) is 1.32. The van der Waals surface area contributed by atoms with Crippen molar-refractivity contribution in [3.05, 3.63) is 0 Å². The number of fused-ring (bicyclic) bond motifs is 1. The maximum atomic E-state index is 13.5. The molecule has 0 radical (unpaired) electrons. The van der Waals surface area contributed by atoms with Crippen LogP contribution in [0.25, 0.3) is 0 Å². The first-order valence-corrected chi connectivity index (χ1v) is 10.6. The zero-order valence-corrected chi connectivity index (χ0v) is 18.4. The highest BCUT2D eigenvalue weighted by atomic mass is 16.5. The molecule has 3 rings (SSSR count). The fraction of sp³-hybridized carbons (Fsp3) is 0.857. The van der Waals surface area contributed by atoms with Gasteiger partial charge in [-0.1, -0.05) is 13.8 Å². The summed E-state index contributed by atoms with van der Waals surface area (Å²) < 4.78 is 6.53. The smallest absolute Gasteiger partial charge is 0.246 e. The Bertz CT molecular complexity index is 705. The number of hydrogen-bond donors (Lipinski definition) is 3. The van der Waals surface area contributed by atoms with Crippen LogP contribution in [0.2, 0.25) is 0 Å². The predicted octanol–water partition coefficient (Wildman–Crippen LogP) is 0.430. The van der Waals surface area contributed by atoms with Crippen LogP contribution < -0.4 is 10.6 Å². The van der Waals surface area contributed by atoms with E-state index in [1.54, 1.807) is 0 Å². The number of amides is 3. The normalized spacial score (nSPS) is 38.3. The molecule has 3 aliphatic heterocycles. The zero-order valence-electron chi connectivity index (χ0n) is 18.4. The van der Waals surface area contributed by atoms with E-state index in [0.717, 1.165) is 6.42 Å². The van der Waals surface area contributed by atoms with Crippen LogP contribution in [0.3, 0.4) is 0 Å². The van der Waals surface area contributed by atoms with Gasteiger partial charge >= 0.3 is 0 Å². The summed E-state index contributed by atoms with van der Waals surface area (Å²) in [5.41, 5.74) is -2.34. The highest BCUT2D eigenvalue weighted by Gasteiger charge is 2.79.